The summed E-state index contributed by atoms with van der Waals surface area (Å²) in [4.78, 5) is 12.8. The van der Waals surface area contributed by atoms with Gasteiger partial charge in [-0.3, -0.25) is 4.79 Å². The second-order valence-electron chi connectivity index (χ2n) is 6.54. The number of amides is 1. The molecule has 1 fully saturated rings. The van der Waals surface area contributed by atoms with Crippen LogP contribution in [0.25, 0.3) is 0 Å². The SMILES string of the molecule is COc1ccc(S(=O)(=O)N2CCC(C(=O)Nc3ccccc3OC)CC2)cc1. The zero-order chi connectivity index (χ0) is 20.1. The molecule has 0 spiro atoms. The zero-order valence-corrected chi connectivity index (χ0v) is 16.7. The smallest absolute Gasteiger partial charge is 0.243 e. The molecule has 1 aliphatic rings. The maximum atomic E-state index is 12.8. The summed E-state index contributed by atoms with van der Waals surface area (Å²) in [5.41, 5.74) is 0.614. The van der Waals surface area contributed by atoms with Crippen LogP contribution in [0.5, 0.6) is 11.5 Å². The number of para-hydroxylation sites is 2. The predicted octanol–water partition coefficient (Wildman–Crippen LogP) is 2.74. The van der Waals surface area contributed by atoms with E-state index in [1.807, 2.05) is 12.1 Å². The summed E-state index contributed by atoms with van der Waals surface area (Å²) in [7, 11) is -0.498. The molecule has 0 aliphatic carbocycles. The van der Waals surface area contributed by atoms with Crippen LogP contribution < -0.4 is 14.8 Å². The number of ether oxygens (including phenoxy) is 2. The number of sulfonamides is 1. The van der Waals surface area contributed by atoms with Crippen LogP contribution >= 0.6 is 0 Å². The Morgan fingerprint density at radius 2 is 1.64 bits per heavy atom. The quantitative estimate of drug-likeness (QED) is 0.800. The lowest BCUT2D eigenvalue weighted by Crippen LogP contribution is -2.41. The monoisotopic (exact) mass is 404 g/mol. The Morgan fingerprint density at radius 3 is 2.25 bits per heavy atom. The van der Waals surface area contributed by atoms with Crippen molar-refractivity contribution in [2.45, 2.75) is 17.7 Å². The first-order valence-corrected chi connectivity index (χ1v) is 10.5. The number of hydrogen-bond donors (Lipinski definition) is 1. The number of carbonyl (C=O) groups excluding carboxylic acids is 1. The molecule has 0 unspecified atom stereocenters. The number of rotatable bonds is 6. The standard InChI is InChI=1S/C20H24N2O5S/c1-26-16-7-9-17(10-8-16)28(24,25)22-13-11-15(12-14-22)20(23)21-18-5-3-4-6-19(18)27-2/h3-10,15H,11-14H2,1-2H3,(H,21,23). The van der Waals surface area contributed by atoms with E-state index in [1.54, 1.807) is 31.4 Å². The van der Waals surface area contributed by atoms with E-state index in [9.17, 15) is 13.2 Å². The van der Waals surface area contributed by atoms with Gasteiger partial charge >= 0.3 is 0 Å². The fourth-order valence-corrected chi connectivity index (χ4v) is 4.71. The third-order valence-electron chi connectivity index (χ3n) is 4.89. The van der Waals surface area contributed by atoms with Gasteiger partial charge in [-0.05, 0) is 49.2 Å². The number of nitrogens with one attached hydrogen (secondary N) is 1. The lowest BCUT2D eigenvalue weighted by Gasteiger charge is -2.30. The molecule has 0 radical (unpaired) electrons. The van der Waals surface area contributed by atoms with E-state index in [0.29, 0.717) is 43.1 Å². The highest BCUT2D eigenvalue weighted by atomic mass is 32.2. The van der Waals surface area contributed by atoms with Crippen molar-refractivity contribution >= 4 is 21.6 Å². The van der Waals surface area contributed by atoms with Crippen molar-refractivity contribution in [3.05, 3.63) is 48.5 Å². The molecule has 2 aromatic rings. The molecule has 150 valence electrons. The minimum atomic E-state index is -3.58. The van der Waals surface area contributed by atoms with Gasteiger partial charge in [0.2, 0.25) is 15.9 Å². The second kappa shape index (κ2) is 8.62. The maximum absolute atomic E-state index is 12.8. The van der Waals surface area contributed by atoms with Crippen LogP contribution in [0.1, 0.15) is 12.8 Å². The summed E-state index contributed by atoms with van der Waals surface area (Å²) in [6.45, 7) is 0.608. The molecular formula is C20H24N2O5S. The van der Waals surface area contributed by atoms with E-state index in [-0.39, 0.29) is 16.7 Å². The van der Waals surface area contributed by atoms with Gasteiger partial charge in [0.25, 0.3) is 0 Å². The Bertz CT molecular complexity index is 920. The van der Waals surface area contributed by atoms with Gasteiger partial charge in [0, 0.05) is 19.0 Å². The van der Waals surface area contributed by atoms with Crippen molar-refractivity contribution in [2.24, 2.45) is 5.92 Å². The predicted molar refractivity (Wildman–Crippen MR) is 106 cm³/mol. The van der Waals surface area contributed by atoms with Crippen molar-refractivity contribution in [3.63, 3.8) is 0 Å². The molecule has 1 amide bonds. The van der Waals surface area contributed by atoms with E-state index < -0.39 is 10.0 Å². The average Bonchev–Trinajstić information content (AvgIpc) is 2.74. The highest BCUT2D eigenvalue weighted by Gasteiger charge is 2.32. The van der Waals surface area contributed by atoms with E-state index in [0.717, 1.165) is 0 Å². The molecule has 0 atom stereocenters. The molecule has 28 heavy (non-hydrogen) atoms. The Morgan fingerprint density at radius 1 is 1.00 bits per heavy atom. The third-order valence-corrected chi connectivity index (χ3v) is 6.80. The third kappa shape index (κ3) is 4.28. The molecule has 1 N–H and O–H groups in total. The highest BCUT2D eigenvalue weighted by molar-refractivity contribution is 7.89. The first-order valence-electron chi connectivity index (χ1n) is 9.04. The summed E-state index contributed by atoms with van der Waals surface area (Å²) in [5, 5.41) is 2.88. The van der Waals surface area contributed by atoms with Gasteiger partial charge in [0.05, 0.1) is 24.8 Å². The summed E-state index contributed by atoms with van der Waals surface area (Å²) >= 11 is 0. The summed E-state index contributed by atoms with van der Waals surface area (Å²) < 4.78 is 37.4. The van der Waals surface area contributed by atoms with Gasteiger partial charge in [-0.2, -0.15) is 4.31 Å². The lowest BCUT2D eigenvalue weighted by molar-refractivity contribution is -0.120. The van der Waals surface area contributed by atoms with Gasteiger partial charge in [0.1, 0.15) is 11.5 Å². The molecule has 0 aromatic heterocycles. The van der Waals surface area contributed by atoms with Crippen molar-refractivity contribution in [1.29, 1.82) is 0 Å². The van der Waals surface area contributed by atoms with Gasteiger partial charge < -0.3 is 14.8 Å². The molecule has 0 bridgehead atoms. The molecule has 7 nitrogen and oxygen atoms in total. The molecule has 1 heterocycles. The first-order chi connectivity index (χ1) is 13.5. The van der Waals surface area contributed by atoms with E-state index in [1.165, 1.54) is 23.5 Å². The number of benzene rings is 2. The van der Waals surface area contributed by atoms with Crippen LogP contribution in [0.4, 0.5) is 5.69 Å². The molecule has 1 saturated heterocycles. The second-order valence-corrected chi connectivity index (χ2v) is 8.48. The topological polar surface area (TPSA) is 84.9 Å². The molecule has 0 saturated carbocycles. The van der Waals surface area contributed by atoms with Crippen LogP contribution in [0, 0.1) is 5.92 Å². The lowest BCUT2D eigenvalue weighted by atomic mass is 9.97. The van der Waals surface area contributed by atoms with Crippen molar-refractivity contribution in [2.75, 3.05) is 32.6 Å². The fourth-order valence-electron chi connectivity index (χ4n) is 3.24. The Kier molecular flexibility index (Phi) is 6.21. The van der Waals surface area contributed by atoms with Gasteiger partial charge in [0.15, 0.2) is 0 Å². The van der Waals surface area contributed by atoms with Crippen LogP contribution in [0.2, 0.25) is 0 Å². The highest BCUT2D eigenvalue weighted by Crippen LogP contribution is 2.28. The van der Waals surface area contributed by atoms with Crippen LogP contribution in [0.3, 0.4) is 0 Å². The van der Waals surface area contributed by atoms with E-state index in [4.69, 9.17) is 9.47 Å². The number of hydrogen-bond acceptors (Lipinski definition) is 5. The minimum absolute atomic E-state index is 0.119. The van der Waals surface area contributed by atoms with E-state index >= 15 is 0 Å². The number of carbonyl (C=O) groups is 1. The summed E-state index contributed by atoms with van der Waals surface area (Å²) in [5.74, 6) is 0.833. The van der Waals surface area contributed by atoms with Crippen LogP contribution in [0.15, 0.2) is 53.4 Å². The first kappa shape index (κ1) is 20.2. The number of nitrogens with zero attached hydrogens (tertiary/aromatic N) is 1. The molecule has 2 aromatic carbocycles. The molecule has 8 heteroatoms. The summed E-state index contributed by atoms with van der Waals surface area (Å²) in [6, 6.07) is 13.5. The molecule has 3 rings (SSSR count). The Labute approximate surface area is 165 Å². The molecule has 1 aliphatic heterocycles. The van der Waals surface area contributed by atoms with E-state index in [2.05, 4.69) is 5.32 Å². The van der Waals surface area contributed by atoms with Crippen molar-refractivity contribution in [3.8, 4) is 11.5 Å². The normalized spacial score (nSPS) is 15.8. The zero-order valence-electron chi connectivity index (χ0n) is 15.9. The minimum Gasteiger partial charge on any atom is -0.497 e. The van der Waals surface area contributed by atoms with Crippen molar-refractivity contribution in [1.82, 2.24) is 4.31 Å². The number of methoxy groups -OCH3 is 2. The maximum Gasteiger partial charge on any atom is 0.243 e. The van der Waals surface area contributed by atoms with Crippen molar-refractivity contribution < 1.29 is 22.7 Å². The Hall–Kier alpha value is -2.58. The van der Waals surface area contributed by atoms with Gasteiger partial charge in [-0.1, -0.05) is 12.1 Å². The molecular weight excluding hydrogens is 380 g/mol. The van der Waals surface area contributed by atoms with Crippen LogP contribution in [-0.2, 0) is 14.8 Å². The average molecular weight is 404 g/mol. The van der Waals surface area contributed by atoms with Crippen LogP contribution in [-0.4, -0.2) is 45.9 Å². The number of anilines is 1. The number of piperidine rings is 1. The summed E-state index contributed by atoms with van der Waals surface area (Å²) in [6.07, 6.45) is 0.937. The van der Waals surface area contributed by atoms with Gasteiger partial charge in [-0.15, -0.1) is 0 Å². The van der Waals surface area contributed by atoms with Gasteiger partial charge in [-0.25, -0.2) is 8.42 Å². The Balaban J connectivity index is 1.62. The fraction of sp³-hybridized carbons (Fsp3) is 0.350. The largest absolute Gasteiger partial charge is 0.497 e.